The van der Waals surface area contributed by atoms with Crippen molar-refractivity contribution in [3.05, 3.63) is 40.1 Å². The first-order chi connectivity index (χ1) is 9.33. The Labute approximate surface area is 124 Å². The van der Waals surface area contributed by atoms with E-state index in [0.717, 1.165) is 16.7 Å². The average molecular weight is 323 g/mol. The van der Waals surface area contributed by atoms with Crippen LogP contribution in [0.1, 0.15) is 57.2 Å². The third kappa shape index (κ3) is 4.15. The van der Waals surface area contributed by atoms with Gasteiger partial charge in [-0.1, -0.05) is 31.4 Å². The van der Waals surface area contributed by atoms with Crippen molar-refractivity contribution in [2.45, 2.75) is 51.5 Å². The van der Waals surface area contributed by atoms with Crippen LogP contribution in [0.4, 0.5) is 0 Å². The molecule has 3 heteroatoms. The lowest BCUT2D eigenvalue weighted by Gasteiger charge is -2.23. The first-order valence-electron chi connectivity index (χ1n) is 7.35. The Morgan fingerprint density at radius 1 is 1.32 bits per heavy atom. The minimum absolute atomic E-state index is 0.263. The van der Waals surface area contributed by atoms with Gasteiger partial charge in [0.2, 0.25) is 0 Å². The highest BCUT2D eigenvalue weighted by Crippen LogP contribution is 2.31. The number of likely N-dealkylation sites (N-methyl/N-ethyl adjacent to an activating group) is 1. The molecule has 0 spiro atoms. The summed E-state index contributed by atoms with van der Waals surface area (Å²) in [5.74, 6) is 0. The van der Waals surface area contributed by atoms with Gasteiger partial charge in [-0.05, 0) is 60.3 Å². The Hall–Kier alpha value is -0.670. The van der Waals surface area contributed by atoms with E-state index in [-0.39, 0.29) is 6.04 Å². The zero-order valence-corrected chi connectivity index (χ0v) is 13.2. The summed E-state index contributed by atoms with van der Waals surface area (Å²) < 4.78 is 1.10. The molecule has 0 amide bonds. The molecule has 1 N–H and O–H groups in total. The van der Waals surface area contributed by atoms with E-state index in [1.807, 2.05) is 12.3 Å². The van der Waals surface area contributed by atoms with E-state index in [1.165, 1.54) is 44.1 Å². The van der Waals surface area contributed by atoms with Gasteiger partial charge in [-0.15, -0.1) is 0 Å². The average Bonchev–Trinajstić information content (AvgIpc) is 2.37. The predicted octanol–water partition coefficient (Wildman–Crippen LogP) is 4.78. The molecule has 2 rings (SSSR count). The summed E-state index contributed by atoms with van der Waals surface area (Å²) in [6, 6.07) is 4.32. The van der Waals surface area contributed by atoms with Gasteiger partial charge >= 0.3 is 0 Å². The van der Waals surface area contributed by atoms with Gasteiger partial charge in [-0.25, -0.2) is 0 Å². The minimum Gasteiger partial charge on any atom is -0.305 e. The summed E-state index contributed by atoms with van der Waals surface area (Å²) in [5.41, 5.74) is 2.64. The van der Waals surface area contributed by atoms with E-state index < -0.39 is 0 Å². The quantitative estimate of drug-likeness (QED) is 0.807. The maximum atomic E-state index is 4.58. The normalized spacial score (nSPS) is 21.1. The van der Waals surface area contributed by atoms with E-state index in [0.29, 0.717) is 0 Å². The largest absolute Gasteiger partial charge is 0.305 e. The summed E-state index contributed by atoms with van der Waals surface area (Å²) in [4.78, 5) is 4.58. The SMILES string of the molecule is CCNC(/C1=C/CCCCCC1)c1ncccc1Br. The summed E-state index contributed by atoms with van der Waals surface area (Å²) in [6.45, 7) is 3.12. The summed E-state index contributed by atoms with van der Waals surface area (Å²) in [5, 5.41) is 3.60. The minimum atomic E-state index is 0.263. The smallest absolute Gasteiger partial charge is 0.0756 e. The Kier molecular flexibility index (Phi) is 6.05. The topological polar surface area (TPSA) is 24.9 Å². The number of halogens is 1. The summed E-state index contributed by atoms with van der Waals surface area (Å²) >= 11 is 3.64. The fourth-order valence-electron chi connectivity index (χ4n) is 2.70. The van der Waals surface area contributed by atoms with E-state index in [9.17, 15) is 0 Å². The molecule has 1 aromatic rings. The second-order valence-corrected chi connectivity index (χ2v) is 5.95. The molecule has 1 aromatic heterocycles. The number of nitrogens with zero attached hydrogens (tertiary/aromatic N) is 1. The Bertz CT molecular complexity index is 429. The lowest BCUT2D eigenvalue weighted by atomic mass is 9.93. The van der Waals surface area contributed by atoms with Gasteiger partial charge in [0.05, 0.1) is 11.7 Å². The van der Waals surface area contributed by atoms with Crippen LogP contribution in [0, 0.1) is 0 Å². The molecule has 1 atom stereocenters. The monoisotopic (exact) mass is 322 g/mol. The molecule has 0 bridgehead atoms. The molecule has 0 saturated heterocycles. The summed E-state index contributed by atoms with van der Waals surface area (Å²) in [6.07, 6.45) is 12.1. The lowest BCUT2D eigenvalue weighted by molar-refractivity contribution is 0.545. The van der Waals surface area contributed by atoms with E-state index in [4.69, 9.17) is 0 Å². The molecule has 0 radical (unpaired) electrons. The second kappa shape index (κ2) is 7.81. The number of aromatic nitrogens is 1. The molecule has 104 valence electrons. The highest BCUT2D eigenvalue weighted by Gasteiger charge is 2.19. The molecule has 1 heterocycles. The van der Waals surface area contributed by atoms with Gasteiger partial charge in [-0.3, -0.25) is 4.98 Å². The predicted molar refractivity (Wildman–Crippen MR) is 84.1 cm³/mol. The van der Waals surface area contributed by atoms with Crippen molar-refractivity contribution >= 4 is 15.9 Å². The molecule has 2 nitrogen and oxygen atoms in total. The number of hydrogen-bond acceptors (Lipinski definition) is 2. The maximum absolute atomic E-state index is 4.58. The van der Waals surface area contributed by atoms with Crippen LogP contribution in [0.25, 0.3) is 0 Å². The number of pyridine rings is 1. The van der Waals surface area contributed by atoms with Crippen LogP contribution in [-0.2, 0) is 0 Å². The Morgan fingerprint density at radius 2 is 2.16 bits per heavy atom. The fourth-order valence-corrected chi connectivity index (χ4v) is 3.18. The van der Waals surface area contributed by atoms with Crippen molar-refractivity contribution in [2.24, 2.45) is 0 Å². The number of allylic oxidation sites excluding steroid dienone is 1. The van der Waals surface area contributed by atoms with Crippen LogP contribution in [0.2, 0.25) is 0 Å². The fraction of sp³-hybridized carbons (Fsp3) is 0.562. The van der Waals surface area contributed by atoms with E-state index in [2.05, 4.69) is 45.3 Å². The van der Waals surface area contributed by atoms with Crippen LogP contribution in [0.5, 0.6) is 0 Å². The highest BCUT2D eigenvalue weighted by atomic mass is 79.9. The molecule has 1 unspecified atom stereocenters. The van der Waals surface area contributed by atoms with Gasteiger partial charge in [-0.2, -0.15) is 0 Å². The maximum Gasteiger partial charge on any atom is 0.0756 e. The third-order valence-electron chi connectivity index (χ3n) is 3.67. The zero-order valence-electron chi connectivity index (χ0n) is 11.7. The molecule has 1 aliphatic rings. The van der Waals surface area contributed by atoms with Gasteiger partial charge in [0.1, 0.15) is 0 Å². The Balaban J connectivity index is 2.25. The van der Waals surface area contributed by atoms with Crippen LogP contribution in [-0.4, -0.2) is 11.5 Å². The molecule has 1 aliphatic carbocycles. The van der Waals surface area contributed by atoms with E-state index >= 15 is 0 Å². The van der Waals surface area contributed by atoms with Gasteiger partial charge in [0, 0.05) is 10.7 Å². The molecule has 0 aliphatic heterocycles. The van der Waals surface area contributed by atoms with Crippen molar-refractivity contribution in [1.82, 2.24) is 10.3 Å². The third-order valence-corrected chi connectivity index (χ3v) is 4.34. The number of rotatable bonds is 4. The van der Waals surface area contributed by atoms with Crippen molar-refractivity contribution in [1.29, 1.82) is 0 Å². The van der Waals surface area contributed by atoms with Gasteiger partial charge in [0.15, 0.2) is 0 Å². The lowest BCUT2D eigenvalue weighted by Crippen LogP contribution is -2.24. The number of hydrogen-bond donors (Lipinski definition) is 1. The number of nitrogens with one attached hydrogen (secondary N) is 1. The molecule has 0 saturated carbocycles. The van der Waals surface area contributed by atoms with Gasteiger partial charge in [0.25, 0.3) is 0 Å². The van der Waals surface area contributed by atoms with Gasteiger partial charge < -0.3 is 5.32 Å². The van der Waals surface area contributed by atoms with Crippen molar-refractivity contribution in [3.63, 3.8) is 0 Å². The van der Waals surface area contributed by atoms with E-state index in [1.54, 1.807) is 0 Å². The van der Waals surface area contributed by atoms with Crippen molar-refractivity contribution < 1.29 is 0 Å². The molecular formula is C16H23BrN2. The van der Waals surface area contributed by atoms with Crippen LogP contribution >= 0.6 is 15.9 Å². The molecule has 0 aromatic carbocycles. The van der Waals surface area contributed by atoms with Crippen molar-refractivity contribution in [3.8, 4) is 0 Å². The van der Waals surface area contributed by atoms with Crippen molar-refractivity contribution in [2.75, 3.05) is 6.54 Å². The standard InChI is InChI=1S/C16H23BrN2/c1-2-18-15(16-14(17)11-8-12-19-16)13-9-6-4-3-5-7-10-13/h8-9,11-12,15,18H,2-7,10H2,1H3/b13-9+. The van der Waals surface area contributed by atoms with Crippen LogP contribution < -0.4 is 5.32 Å². The highest BCUT2D eigenvalue weighted by molar-refractivity contribution is 9.10. The second-order valence-electron chi connectivity index (χ2n) is 5.09. The van der Waals surface area contributed by atoms with Crippen LogP contribution in [0.3, 0.4) is 0 Å². The summed E-state index contributed by atoms with van der Waals surface area (Å²) in [7, 11) is 0. The molecule has 0 fully saturated rings. The molecule has 19 heavy (non-hydrogen) atoms. The first-order valence-corrected chi connectivity index (χ1v) is 8.15. The molecular weight excluding hydrogens is 300 g/mol. The Morgan fingerprint density at radius 3 is 2.95 bits per heavy atom. The van der Waals surface area contributed by atoms with Crippen LogP contribution in [0.15, 0.2) is 34.5 Å². The zero-order chi connectivity index (χ0) is 13.5. The first kappa shape index (κ1) is 14.7.